The number of carbonyl (C=O) groups is 1. The number of anilines is 1. The highest BCUT2D eigenvalue weighted by Crippen LogP contribution is 2.19. The molecule has 1 atom stereocenters. The molecule has 0 saturated heterocycles. The zero-order chi connectivity index (χ0) is 22.8. The average Bonchev–Trinajstić information content (AvgIpc) is 3.01. The second kappa shape index (κ2) is 9.25. The van der Waals surface area contributed by atoms with Crippen molar-refractivity contribution in [1.29, 1.82) is 0 Å². The quantitative estimate of drug-likeness (QED) is 0.527. The second-order valence-electron chi connectivity index (χ2n) is 6.97. The van der Waals surface area contributed by atoms with Gasteiger partial charge in [0.1, 0.15) is 11.9 Å². The molecular formula is C20H22FN3O5S2. The molecule has 1 aromatic heterocycles. The number of nitrogens with one attached hydrogen (secondary N) is 2. The van der Waals surface area contributed by atoms with Crippen molar-refractivity contribution in [3.63, 3.8) is 0 Å². The monoisotopic (exact) mass is 467 g/mol. The Hall–Kier alpha value is -2.63. The highest BCUT2D eigenvalue weighted by molar-refractivity contribution is 7.98. The number of nitrogens with zero attached hydrogens (tertiary/aromatic N) is 1. The summed E-state index contributed by atoms with van der Waals surface area (Å²) >= 11 is 1.46. The molecule has 11 heteroatoms. The fourth-order valence-corrected chi connectivity index (χ4v) is 4.63. The number of aryl methyl sites for hydroxylation is 2. The van der Waals surface area contributed by atoms with E-state index < -0.39 is 33.5 Å². The van der Waals surface area contributed by atoms with Crippen molar-refractivity contribution in [3.8, 4) is 0 Å². The van der Waals surface area contributed by atoms with Crippen LogP contribution in [0.1, 0.15) is 12.0 Å². The molecule has 1 heterocycles. The molecule has 0 saturated carbocycles. The lowest BCUT2D eigenvalue weighted by molar-refractivity contribution is -0.117. The van der Waals surface area contributed by atoms with Gasteiger partial charge in [-0.25, -0.2) is 17.6 Å². The van der Waals surface area contributed by atoms with Gasteiger partial charge in [-0.05, 0) is 55.2 Å². The number of rotatable bonds is 8. The van der Waals surface area contributed by atoms with Crippen molar-refractivity contribution in [2.24, 2.45) is 7.05 Å². The van der Waals surface area contributed by atoms with Crippen LogP contribution in [0, 0.1) is 12.7 Å². The van der Waals surface area contributed by atoms with E-state index in [-0.39, 0.29) is 22.6 Å². The van der Waals surface area contributed by atoms with Gasteiger partial charge in [0, 0.05) is 18.8 Å². The van der Waals surface area contributed by atoms with Gasteiger partial charge in [0.15, 0.2) is 5.58 Å². The van der Waals surface area contributed by atoms with Gasteiger partial charge in [-0.3, -0.25) is 9.36 Å². The number of hydrogen-bond acceptors (Lipinski definition) is 6. The lowest BCUT2D eigenvalue weighted by Crippen LogP contribution is -2.44. The van der Waals surface area contributed by atoms with Gasteiger partial charge in [-0.15, -0.1) is 0 Å². The zero-order valence-electron chi connectivity index (χ0n) is 17.1. The van der Waals surface area contributed by atoms with Crippen LogP contribution in [0.4, 0.5) is 10.1 Å². The van der Waals surface area contributed by atoms with E-state index in [9.17, 15) is 22.4 Å². The van der Waals surface area contributed by atoms with Crippen LogP contribution in [-0.2, 0) is 21.9 Å². The van der Waals surface area contributed by atoms with Crippen molar-refractivity contribution >= 4 is 44.5 Å². The predicted molar refractivity (Wildman–Crippen MR) is 118 cm³/mol. The van der Waals surface area contributed by atoms with Gasteiger partial charge in [0.05, 0.1) is 10.4 Å². The SMILES string of the molecule is CSCC[C@H](NS(=O)(=O)c1ccc2c(c1)oc(=O)n2C)C(=O)Nc1ccc(C)c(F)c1. The Labute approximate surface area is 182 Å². The summed E-state index contributed by atoms with van der Waals surface area (Å²) in [6, 6.07) is 7.19. The first-order chi connectivity index (χ1) is 14.6. The Morgan fingerprint density at radius 2 is 2.00 bits per heavy atom. The summed E-state index contributed by atoms with van der Waals surface area (Å²) in [5.74, 6) is -1.17. The molecule has 0 fully saturated rings. The van der Waals surface area contributed by atoms with Gasteiger partial charge in [-0.1, -0.05) is 6.07 Å². The van der Waals surface area contributed by atoms with Crippen molar-refractivity contribution in [2.75, 3.05) is 17.3 Å². The van der Waals surface area contributed by atoms with Crippen LogP contribution in [0.5, 0.6) is 0 Å². The van der Waals surface area contributed by atoms with Crippen LogP contribution in [0.3, 0.4) is 0 Å². The number of amides is 1. The molecule has 0 aliphatic rings. The first kappa shape index (κ1) is 23.0. The lowest BCUT2D eigenvalue weighted by Gasteiger charge is -2.18. The van der Waals surface area contributed by atoms with Crippen molar-refractivity contribution in [3.05, 3.63) is 58.3 Å². The first-order valence-corrected chi connectivity index (χ1v) is 12.2. The van der Waals surface area contributed by atoms with Crippen LogP contribution < -0.4 is 15.8 Å². The van der Waals surface area contributed by atoms with Crippen LogP contribution in [0.2, 0.25) is 0 Å². The fourth-order valence-electron chi connectivity index (χ4n) is 2.92. The summed E-state index contributed by atoms with van der Waals surface area (Å²) in [5.41, 5.74) is 1.23. The minimum Gasteiger partial charge on any atom is -0.408 e. The summed E-state index contributed by atoms with van der Waals surface area (Å²) in [6.45, 7) is 1.60. The fraction of sp³-hybridized carbons (Fsp3) is 0.300. The van der Waals surface area contributed by atoms with Crippen molar-refractivity contribution in [1.82, 2.24) is 9.29 Å². The Morgan fingerprint density at radius 1 is 1.26 bits per heavy atom. The molecule has 0 spiro atoms. The van der Waals surface area contributed by atoms with E-state index in [0.29, 0.717) is 16.8 Å². The summed E-state index contributed by atoms with van der Waals surface area (Å²) in [4.78, 5) is 24.3. The lowest BCUT2D eigenvalue weighted by atomic mass is 10.2. The Balaban J connectivity index is 1.85. The van der Waals surface area contributed by atoms with Crippen LogP contribution in [0.25, 0.3) is 11.1 Å². The number of oxazole rings is 1. The van der Waals surface area contributed by atoms with E-state index in [1.807, 2.05) is 6.26 Å². The van der Waals surface area contributed by atoms with Crippen molar-refractivity contribution in [2.45, 2.75) is 24.3 Å². The molecule has 2 aromatic carbocycles. The van der Waals surface area contributed by atoms with E-state index in [2.05, 4.69) is 10.0 Å². The third-order valence-corrected chi connectivity index (χ3v) is 6.85. The molecule has 0 aliphatic heterocycles. The highest BCUT2D eigenvalue weighted by atomic mass is 32.2. The number of carbonyl (C=O) groups excluding carboxylic acids is 1. The minimum atomic E-state index is -4.10. The molecular weight excluding hydrogens is 445 g/mol. The molecule has 1 amide bonds. The minimum absolute atomic E-state index is 0.121. The number of hydrogen-bond donors (Lipinski definition) is 2. The zero-order valence-corrected chi connectivity index (χ0v) is 18.8. The molecule has 0 aliphatic carbocycles. The number of thioether (sulfide) groups is 1. The predicted octanol–water partition coefficient (Wildman–Crippen LogP) is 2.62. The van der Waals surface area contributed by atoms with Crippen LogP contribution in [0.15, 0.2) is 50.5 Å². The number of benzene rings is 2. The van der Waals surface area contributed by atoms with Gasteiger partial charge in [-0.2, -0.15) is 16.5 Å². The third kappa shape index (κ3) is 5.17. The van der Waals surface area contributed by atoms with Crippen molar-refractivity contribution < 1.29 is 22.0 Å². The van der Waals surface area contributed by atoms with Crippen LogP contribution in [-0.4, -0.2) is 36.9 Å². The van der Waals surface area contributed by atoms with Gasteiger partial charge < -0.3 is 9.73 Å². The van der Waals surface area contributed by atoms with Gasteiger partial charge in [0.25, 0.3) is 0 Å². The molecule has 0 radical (unpaired) electrons. The van der Waals surface area contributed by atoms with E-state index in [1.165, 1.54) is 53.7 Å². The van der Waals surface area contributed by atoms with Crippen LogP contribution >= 0.6 is 11.8 Å². The maximum atomic E-state index is 13.8. The smallest absolute Gasteiger partial charge is 0.408 e. The molecule has 166 valence electrons. The van der Waals surface area contributed by atoms with Gasteiger partial charge >= 0.3 is 5.76 Å². The number of aromatic nitrogens is 1. The second-order valence-corrected chi connectivity index (χ2v) is 9.66. The molecule has 2 N–H and O–H groups in total. The molecule has 0 unspecified atom stereocenters. The largest absolute Gasteiger partial charge is 0.419 e. The highest BCUT2D eigenvalue weighted by Gasteiger charge is 2.26. The maximum absolute atomic E-state index is 13.8. The summed E-state index contributed by atoms with van der Waals surface area (Å²) in [5, 5.41) is 2.56. The van der Waals surface area contributed by atoms with E-state index >= 15 is 0 Å². The van der Waals surface area contributed by atoms with E-state index in [1.54, 1.807) is 13.0 Å². The first-order valence-electron chi connectivity index (χ1n) is 9.30. The normalized spacial score (nSPS) is 12.8. The Bertz CT molecular complexity index is 1280. The third-order valence-electron chi connectivity index (χ3n) is 4.74. The number of halogens is 1. The maximum Gasteiger partial charge on any atom is 0.419 e. The molecule has 8 nitrogen and oxygen atoms in total. The van der Waals surface area contributed by atoms with Gasteiger partial charge in [0.2, 0.25) is 15.9 Å². The molecule has 3 rings (SSSR count). The Morgan fingerprint density at radius 3 is 2.68 bits per heavy atom. The van der Waals surface area contributed by atoms with E-state index in [4.69, 9.17) is 4.42 Å². The molecule has 31 heavy (non-hydrogen) atoms. The average molecular weight is 468 g/mol. The number of sulfonamides is 1. The standard InChI is InChI=1S/C20H22FN3O5S2/c1-12-4-5-13(10-15(12)21)22-19(25)16(8-9-30-3)23-31(27,28)14-6-7-17-18(11-14)29-20(26)24(17)2/h4-7,10-11,16,23H,8-9H2,1-3H3,(H,22,25)/t16-/m0/s1. The summed E-state index contributed by atoms with van der Waals surface area (Å²) < 4.78 is 48.3. The summed E-state index contributed by atoms with van der Waals surface area (Å²) in [6.07, 6.45) is 2.06. The molecule has 3 aromatic rings. The topological polar surface area (TPSA) is 110 Å². The Kier molecular flexibility index (Phi) is 6.87. The summed E-state index contributed by atoms with van der Waals surface area (Å²) in [7, 11) is -2.59. The number of fused-ring (bicyclic) bond motifs is 1. The molecule has 0 bridgehead atoms. The van der Waals surface area contributed by atoms with E-state index in [0.717, 1.165) is 0 Å².